The second kappa shape index (κ2) is 10.7. The average Bonchev–Trinajstić information content (AvgIpc) is 2.93. The van der Waals surface area contributed by atoms with Crippen molar-refractivity contribution in [2.24, 2.45) is 23.7 Å². The first-order chi connectivity index (χ1) is 14.5. The van der Waals surface area contributed by atoms with Gasteiger partial charge in [-0.1, -0.05) is 27.7 Å². The van der Waals surface area contributed by atoms with E-state index < -0.39 is 41.8 Å². The van der Waals surface area contributed by atoms with E-state index in [1.807, 2.05) is 27.7 Å². The summed E-state index contributed by atoms with van der Waals surface area (Å²) >= 11 is 6.12. The van der Waals surface area contributed by atoms with Crippen LogP contribution in [0.3, 0.4) is 0 Å². The Bertz CT molecular complexity index is 704. The van der Waals surface area contributed by atoms with Crippen molar-refractivity contribution in [3.05, 3.63) is 11.8 Å². The normalized spacial score (nSPS) is 29.8. The predicted octanol–water partition coefficient (Wildman–Crippen LogP) is 2.94. The predicted molar refractivity (Wildman–Crippen MR) is 112 cm³/mol. The third-order valence-electron chi connectivity index (χ3n) is 5.48. The van der Waals surface area contributed by atoms with Crippen molar-refractivity contribution in [3.63, 3.8) is 0 Å². The molecule has 1 aliphatic carbocycles. The first-order valence-electron chi connectivity index (χ1n) is 10.6. The van der Waals surface area contributed by atoms with Crippen LogP contribution in [-0.2, 0) is 33.3 Å². The van der Waals surface area contributed by atoms with Gasteiger partial charge in [-0.3, -0.25) is 14.4 Å². The molecule has 0 spiro atoms. The number of alkyl halides is 1. The summed E-state index contributed by atoms with van der Waals surface area (Å²) < 4.78 is 21.9. The lowest BCUT2D eigenvalue weighted by molar-refractivity contribution is -0.211. The number of carbonyl (C=O) groups is 3. The van der Waals surface area contributed by atoms with E-state index in [1.54, 1.807) is 0 Å². The van der Waals surface area contributed by atoms with E-state index in [2.05, 4.69) is 0 Å². The molecular formula is C22H33ClO8. The Morgan fingerprint density at radius 3 is 2.32 bits per heavy atom. The van der Waals surface area contributed by atoms with Crippen LogP contribution in [0.15, 0.2) is 11.8 Å². The van der Waals surface area contributed by atoms with Crippen LogP contribution in [-0.4, -0.2) is 53.5 Å². The Morgan fingerprint density at radius 2 is 1.77 bits per heavy atom. The number of carbonyl (C=O) groups excluding carboxylic acids is 3. The number of esters is 3. The molecule has 0 radical (unpaired) electrons. The molecule has 5 atom stereocenters. The van der Waals surface area contributed by atoms with E-state index in [-0.39, 0.29) is 49.6 Å². The Morgan fingerprint density at radius 1 is 1.16 bits per heavy atom. The summed E-state index contributed by atoms with van der Waals surface area (Å²) in [7, 11) is 0. The van der Waals surface area contributed by atoms with Gasteiger partial charge in [0.1, 0.15) is 18.3 Å². The zero-order chi connectivity index (χ0) is 23.3. The van der Waals surface area contributed by atoms with Gasteiger partial charge in [0, 0.05) is 31.3 Å². The van der Waals surface area contributed by atoms with Crippen LogP contribution >= 0.6 is 11.6 Å². The van der Waals surface area contributed by atoms with Gasteiger partial charge in [-0.2, -0.15) is 0 Å². The first-order valence-corrected chi connectivity index (χ1v) is 11.2. The first kappa shape index (κ1) is 25.5. The highest BCUT2D eigenvalue weighted by Gasteiger charge is 2.62. The molecular weight excluding hydrogens is 428 g/mol. The molecule has 0 unspecified atom stereocenters. The molecule has 0 amide bonds. The number of fused-ring (bicyclic) bond motifs is 1. The maximum atomic E-state index is 12.3. The molecule has 1 saturated carbocycles. The molecule has 9 heteroatoms. The summed E-state index contributed by atoms with van der Waals surface area (Å²) in [5.41, 5.74) is -1.07. The number of aliphatic hydroxyl groups is 1. The molecule has 0 aromatic rings. The van der Waals surface area contributed by atoms with Crippen LogP contribution in [0.25, 0.3) is 0 Å². The van der Waals surface area contributed by atoms with Crippen molar-refractivity contribution in [2.45, 2.75) is 71.9 Å². The van der Waals surface area contributed by atoms with Gasteiger partial charge in [0.25, 0.3) is 0 Å². The molecule has 0 aromatic carbocycles. The van der Waals surface area contributed by atoms with Crippen molar-refractivity contribution in [3.8, 4) is 0 Å². The number of hydrogen-bond donors (Lipinski definition) is 1. The number of hydrogen-bond acceptors (Lipinski definition) is 8. The van der Waals surface area contributed by atoms with Gasteiger partial charge < -0.3 is 24.1 Å². The Kier molecular flexibility index (Phi) is 8.77. The van der Waals surface area contributed by atoms with Gasteiger partial charge in [-0.05, 0) is 18.3 Å². The van der Waals surface area contributed by atoms with E-state index in [1.165, 1.54) is 13.2 Å². The van der Waals surface area contributed by atoms with E-state index in [9.17, 15) is 19.5 Å². The molecule has 2 aliphatic rings. The lowest BCUT2D eigenvalue weighted by Gasteiger charge is -2.40. The quantitative estimate of drug-likeness (QED) is 0.318. The lowest BCUT2D eigenvalue weighted by Crippen LogP contribution is -2.53. The standard InChI is InChI=1S/C22H33ClO8/c1-12(2)6-18(25)28-9-15-10-29-21(31-19(26)7-13(3)4)20-16(15)8-17(30-14(5)24)22(20,27)11-23/h10,12-13,16-17,20-21,27H,6-9,11H2,1-5H3/t16-,17+,20-,21-,22-/m1/s1. The SMILES string of the molecule is CC(=O)O[C@H]1C[C@@H]2C(COC(=O)CC(C)C)=CO[C@H](OC(=O)CC(C)C)[C@@H]2[C@@]1(O)CCl. The highest BCUT2D eigenvalue weighted by atomic mass is 35.5. The minimum Gasteiger partial charge on any atom is -0.462 e. The van der Waals surface area contributed by atoms with E-state index in [0.717, 1.165) is 0 Å². The fourth-order valence-electron chi connectivity index (χ4n) is 4.11. The maximum Gasteiger partial charge on any atom is 0.309 e. The Balaban J connectivity index is 2.27. The van der Waals surface area contributed by atoms with E-state index in [4.69, 9.17) is 30.5 Å². The van der Waals surface area contributed by atoms with Gasteiger partial charge in [-0.25, -0.2) is 0 Å². The summed E-state index contributed by atoms with van der Waals surface area (Å²) in [6.45, 7) is 8.81. The van der Waals surface area contributed by atoms with Gasteiger partial charge in [0.2, 0.25) is 6.29 Å². The third-order valence-corrected chi connectivity index (χ3v) is 5.91. The van der Waals surface area contributed by atoms with Gasteiger partial charge in [0.05, 0.1) is 18.1 Å². The fraction of sp³-hybridized carbons (Fsp3) is 0.773. The molecule has 0 bridgehead atoms. The third kappa shape index (κ3) is 6.35. The van der Waals surface area contributed by atoms with E-state index in [0.29, 0.717) is 5.57 Å². The van der Waals surface area contributed by atoms with Gasteiger partial charge in [0.15, 0.2) is 0 Å². The van der Waals surface area contributed by atoms with Gasteiger partial charge >= 0.3 is 17.9 Å². The minimum absolute atomic E-state index is 0.0372. The molecule has 8 nitrogen and oxygen atoms in total. The molecule has 2 rings (SSSR count). The second-order valence-electron chi connectivity index (χ2n) is 9.13. The molecule has 31 heavy (non-hydrogen) atoms. The van der Waals surface area contributed by atoms with Crippen LogP contribution in [0.4, 0.5) is 0 Å². The Labute approximate surface area is 188 Å². The van der Waals surface area contributed by atoms with Crippen molar-refractivity contribution < 1.29 is 38.4 Å². The van der Waals surface area contributed by atoms with Crippen molar-refractivity contribution in [1.29, 1.82) is 0 Å². The highest BCUT2D eigenvalue weighted by Crippen LogP contribution is 2.51. The molecule has 0 aromatic heterocycles. The summed E-state index contributed by atoms with van der Waals surface area (Å²) in [4.78, 5) is 35.9. The molecule has 176 valence electrons. The lowest BCUT2D eigenvalue weighted by atomic mass is 9.81. The van der Waals surface area contributed by atoms with E-state index >= 15 is 0 Å². The molecule has 0 saturated heterocycles. The topological polar surface area (TPSA) is 108 Å². The summed E-state index contributed by atoms with van der Waals surface area (Å²) in [5, 5.41) is 11.4. The van der Waals surface area contributed by atoms with Crippen molar-refractivity contribution in [2.75, 3.05) is 12.5 Å². The monoisotopic (exact) mass is 460 g/mol. The van der Waals surface area contributed by atoms with Crippen LogP contribution in [0, 0.1) is 23.7 Å². The molecule has 1 aliphatic heterocycles. The zero-order valence-corrected chi connectivity index (χ0v) is 19.5. The zero-order valence-electron chi connectivity index (χ0n) is 18.8. The number of rotatable bonds is 9. The fourth-order valence-corrected chi connectivity index (χ4v) is 4.46. The van der Waals surface area contributed by atoms with Gasteiger partial charge in [-0.15, -0.1) is 11.6 Å². The van der Waals surface area contributed by atoms with Crippen molar-refractivity contribution in [1.82, 2.24) is 0 Å². The second-order valence-corrected chi connectivity index (χ2v) is 9.40. The van der Waals surface area contributed by atoms with Crippen LogP contribution < -0.4 is 0 Å². The smallest absolute Gasteiger partial charge is 0.309 e. The average molecular weight is 461 g/mol. The Hall–Kier alpha value is -1.80. The van der Waals surface area contributed by atoms with Crippen LogP contribution in [0.5, 0.6) is 0 Å². The van der Waals surface area contributed by atoms with Crippen LogP contribution in [0.2, 0.25) is 0 Å². The largest absolute Gasteiger partial charge is 0.462 e. The molecule has 1 fully saturated rings. The highest BCUT2D eigenvalue weighted by molar-refractivity contribution is 6.18. The van der Waals surface area contributed by atoms with Crippen molar-refractivity contribution >= 4 is 29.5 Å². The summed E-state index contributed by atoms with van der Waals surface area (Å²) in [6, 6.07) is 0. The number of halogens is 1. The number of ether oxygens (including phenoxy) is 4. The van der Waals surface area contributed by atoms with Crippen LogP contribution in [0.1, 0.15) is 53.9 Å². The summed E-state index contributed by atoms with van der Waals surface area (Å²) in [5.74, 6) is -2.58. The maximum absolute atomic E-state index is 12.3. The molecule has 1 N–H and O–H groups in total. The minimum atomic E-state index is -1.68. The summed E-state index contributed by atoms with van der Waals surface area (Å²) in [6.07, 6.45) is 0.0907. The molecule has 1 heterocycles.